The Morgan fingerprint density at radius 2 is 2.18 bits per heavy atom. The third-order valence-electron chi connectivity index (χ3n) is 1.36. The fraction of sp³-hybridized carbons (Fsp3) is 0. The zero-order valence-electron chi connectivity index (χ0n) is 5.41. The van der Waals surface area contributed by atoms with Crippen LogP contribution in [0, 0.1) is 0 Å². The summed E-state index contributed by atoms with van der Waals surface area (Å²) in [6.45, 7) is 0. The number of fused-ring (bicyclic) bond motifs is 1. The van der Waals surface area contributed by atoms with Crippen molar-refractivity contribution >= 4 is 27.9 Å². The monoisotopic (exact) mass is 210 g/mol. The summed E-state index contributed by atoms with van der Waals surface area (Å²) in [5.41, 5.74) is 0. The molecule has 0 saturated heterocycles. The number of pyridine rings is 1. The zero-order valence-corrected chi connectivity index (χ0v) is 7.00. The minimum atomic E-state index is -0.231. The summed E-state index contributed by atoms with van der Waals surface area (Å²) in [6, 6.07) is 3.52. The number of amides is 1. The van der Waals surface area contributed by atoms with Crippen LogP contribution in [0.4, 0.5) is 0 Å². The first-order chi connectivity index (χ1) is 5.25. The normalized spacial score (nSPS) is 13.7. The van der Waals surface area contributed by atoms with Gasteiger partial charge in [-0.3, -0.25) is 4.79 Å². The summed E-state index contributed by atoms with van der Waals surface area (Å²) in [5.74, 6) is -0.231. The Balaban J connectivity index is 2.89. The molecule has 1 aromatic heterocycles. The van der Waals surface area contributed by atoms with Gasteiger partial charge >= 0.3 is 0 Å². The van der Waals surface area contributed by atoms with E-state index in [4.69, 9.17) is 0 Å². The summed E-state index contributed by atoms with van der Waals surface area (Å²) in [5, 5.41) is 1.29. The lowest BCUT2D eigenvalue weighted by molar-refractivity contribution is -0.112. The van der Waals surface area contributed by atoms with E-state index in [1.54, 1.807) is 12.1 Å². The van der Waals surface area contributed by atoms with E-state index in [9.17, 15) is 4.79 Å². The highest BCUT2D eigenvalue weighted by Crippen LogP contribution is 1.98. The van der Waals surface area contributed by atoms with Crippen LogP contribution in [-0.2, 0) is 4.79 Å². The van der Waals surface area contributed by atoms with E-state index >= 15 is 0 Å². The molecule has 2 rings (SSSR count). The lowest BCUT2D eigenvalue weighted by Crippen LogP contribution is -2.24. The molecule has 11 heavy (non-hydrogen) atoms. The standard InChI is InChI=1S/C7H3BrN2O/c8-6-2-1-4-5(9-6)3-7(11)10-4/h1-3H. The maximum atomic E-state index is 10.7. The summed E-state index contributed by atoms with van der Waals surface area (Å²) >= 11 is 3.20. The fourth-order valence-corrected chi connectivity index (χ4v) is 1.23. The molecule has 1 amide bonds. The van der Waals surface area contributed by atoms with Crippen LogP contribution in [0.5, 0.6) is 0 Å². The average Bonchev–Trinajstić information content (AvgIpc) is 2.27. The minimum absolute atomic E-state index is 0.231. The van der Waals surface area contributed by atoms with Crippen LogP contribution in [0.1, 0.15) is 0 Å². The molecule has 1 aliphatic heterocycles. The van der Waals surface area contributed by atoms with E-state index in [1.807, 2.05) is 0 Å². The third kappa shape index (κ3) is 1.09. The average molecular weight is 211 g/mol. The van der Waals surface area contributed by atoms with Crippen molar-refractivity contribution in [3.63, 3.8) is 0 Å². The molecule has 54 valence electrons. The minimum Gasteiger partial charge on any atom is -0.267 e. The molecule has 0 aliphatic carbocycles. The molecule has 1 aromatic rings. The van der Waals surface area contributed by atoms with Crippen LogP contribution < -0.4 is 10.7 Å². The van der Waals surface area contributed by atoms with Crippen molar-refractivity contribution in [2.24, 2.45) is 4.99 Å². The highest BCUT2D eigenvalue weighted by Gasteiger charge is 2.03. The number of rotatable bonds is 0. The second-order valence-electron chi connectivity index (χ2n) is 2.13. The van der Waals surface area contributed by atoms with Crippen molar-refractivity contribution in [2.45, 2.75) is 0 Å². The van der Waals surface area contributed by atoms with Gasteiger partial charge in [0, 0.05) is 6.08 Å². The van der Waals surface area contributed by atoms with Gasteiger partial charge in [-0.25, -0.2) is 9.98 Å². The van der Waals surface area contributed by atoms with Gasteiger partial charge in [0.25, 0.3) is 5.91 Å². The van der Waals surface area contributed by atoms with E-state index in [1.165, 1.54) is 6.08 Å². The van der Waals surface area contributed by atoms with E-state index in [0.717, 1.165) is 4.60 Å². The highest BCUT2D eigenvalue weighted by molar-refractivity contribution is 9.10. The molecule has 0 spiro atoms. The maximum Gasteiger partial charge on any atom is 0.272 e. The molecule has 0 bridgehead atoms. The Kier molecular flexibility index (Phi) is 1.35. The molecule has 0 atom stereocenters. The van der Waals surface area contributed by atoms with Gasteiger partial charge in [-0.1, -0.05) is 0 Å². The molecule has 0 unspecified atom stereocenters. The molecule has 1 aliphatic rings. The Bertz CT molecular complexity index is 438. The van der Waals surface area contributed by atoms with Crippen molar-refractivity contribution in [3.8, 4) is 0 Å². The van der Waals surface area contributed by atoms with E-state index in [0.29, 0.717) is 10.7 Å². The smallest absolute Gasteiger partial charge is 0.267 e. The molecule has 0 N–H and O–H groups in total. The SMILES string of the molecule is O=C1C=c2nc(Br)ccc2=N1. The van der Waals surface area contributed by atoms with Gasteiger partial charge in [0.2, 0.25) is 0 Å². The molecule has 4 heteroatoms. The Hall–Kier alpha value is -1.03. The van der Waals surface area contributed by atoms with Crippen molar-refractivity contribution in [1.82, 2.24) is 4.98 Å². The predicted octanol–water partition coefficient (Wildman–Crippen LogP) is -0.216. The number of carbonyl (C=O) groups is 1. The fourth-order valence-electron chi connectivity index (χ4n) is 0.911. The summed E-state index contributed by atoms with van der Waals surface area (Å²) < 4.78 is 0.720. The number of carbonyl (C=O) groups excluding carboxylic acids is 1. The lowest BCUT2D eigenvalue weighted by atomic mass is 10.4. The van der Waals surface area contributed by atoms with Crippen LogP contribution in [0.3, 0.4) is 0 Å². The molecular weight excluding hydrogens is 208 g/mol. The van der Waals surface area contributed by atoms with E-state index < -0.39 is 0 Å². The number of aromatic nitrogens is 1. The van der Waals surface area contributed by atoms with Gasteiger partial charge in [0.15, 0.2) is 0 Å². The molecule has 3 nitrogen and oxygen atoms in total. The number of hydrogen-bond acceptors (Lipinski definition) is 2. The maximum absolute atomic E-state index is 10.7. The third-order valence-corrected chi connectivity index (χ3v) is 1.80. The largest absolute Gasteiger partial charge is 0.272 e. The molecule has 0 radical (unpaired) electrons. The van der Waals surface area contributed by atoms with Crippen LogP contribution in [-0.4, -0.2) is 10.9 Å². The first-order valence-corrected chi connectivity index (χ1v) is 3.82. The second-order valence-corrected chi connectivity index (χ2v) is 2.95. The van der Waals surface area contributed by atoms with Crippen LogP contribution in [0.25, 0.3) is 6.08 Å². The summed E-state index contributed by atoms with van der Waals surface area (Å²) in [4.78, 5) is 18.5. The van der Waals surface area contributed by atoms with E-state index in [2.05, 4.69) is 25.9 Å². The van der Waals surface area contributed by atoms with Crippen molar-refractivity contribution < 1.29 is 4.79 Å². The lowest BCUT2D eigenvalue weighted by Gasteiger charge is -1.84. The van der Waals surface area contributed by atoms with Crippen molar-refractivity contribution in [2.75, 3.05) is 0 Å². The van der Waals surface area contributed by atoms with Crippen LogP contribution in [0.2, 0.25) is 0 Å². The van der Waals surface area contributed by atoms with E-state index in [-0.39, 0.29) is 5.91 Å². The molecule has 0 aromatic carbocycles. The van der Waals surface area contributed by atoms with Gasteiger partial charge in [-0.05, 0) is 28.1 Å². The topological polar surface area (TPSA) is 42.3 Å². The quantitative estimate of drug-likeness (QED) is 0.557. The van der Waals surface area contributed by atoms with Gasteiger partial charge < -0.3 is 0 Å². The number of hydrogen-bond donors (Lipinski definition) is 0. The second kappa shape index (κ2) is 2.23. The Labute approximate surface area is 70.6 Å². The number of nitrogens with zero attached hydrogens (tertiary/aromatic N) is 2. The van der Waals surface area contributed by atoms with Gasteiger partial charge in [-0.2, -0.15) is 0 Å². The van der Waals surface area contributed by atoms with Crippen molar-refractivity contribution in [1.29, 1.82) is 0 Å². The summed E-state index contributed by atoms with van der Waals surface area (Å²) in [6.07, 6.45) is 1.42. The van der Waals surface area contributed by atoms with Crippen LogP contribution in [0.15, 0.2) is 21.7 Å². The molecule has 2 heterocycles. The molecule has 0 saturated carbocycles. The molecular formula is C7H3BrN2O. The first kappa shape index (κ1) is 6.67. The van der Waals surface area contributed by atoms with Gasteiger partial charge in [0.1, 0.15) is 4.60 Å². The highest BCUT2D eigenvalue weighted by atomic mass is 79.9. The van der Waals surface area contributed by atoms with Gasteiger partial charge in [-0.15, -0.1) is 0 Å². The predicted molar refractivity (Wildman–Crippen MR) is 42.2 cm³/mol. The summed E-state index contributed by atoms with van der Waals surface area (Å²) in [7, 11) is 0. The zero-order chi connectivity index (χ0) is 7.84. The Morgan fingerprint density at radius 1 is 1.36 bits per heavy atom. The Morgan fingerprint density at radius 3 is 3.00 bits per heavy atom. The first-order valence-electron chi connectivity index (χ1n) is 3.03. The van der Waals surface area contributed by atoms with Crippen molar-refractivity contribution in [3.05, 3.63) is 27.4 Å². The van der Waals surface area contributed by atoms with Gasteiger partial charge in [0.05, 0.1) is 10.7 Å². The van der Waals surface area contributed by atoms with Crippen LogP contribution >= 0.6 is 15.9 Å². The molecule has 0 fully saturated rings. The number of halogens is 1.